The zero-order valence-corrected chi connectivity index (χ0v) is 19.9. The lowest BCUT2D eigenvalue weighted by Gasteiger charge is -2.21. The molecule has 0 aliphatic rings. The maximum Gasteiger partial charge on any atom is 0.408 e. The lowest BCUT2D eigenvalue weighted by molar-refractivity contribution is -0.122. The lowest BCUT2D eigenvalue weighted by atomic mass is 10.2. The smallest absolute Gasteiger partial charge is 0.408 e. The van der Waals surface area contributed by atoms with E-state index < -0.39 is 12.1 Å². The summed E-state index contributed by atoms with van der Waals surface area (Å²) in [5.74, 6) is 0.130. The third-order valence-corrected chi connectivity index (χ3v) is 7.28. The summed E-state index contributed by atoms with van der Waals surface area (Å²) in [5.41, 5.74) is 10.6. The number of rotatable bonds is 10. The second-order valence-electron chi connectivity index (χ2n) is 7.81. The van der Waals surface area contributed by atoms with Gasteiger partial charge in [-0.1, -0.05) is 102 Å². The Morgan fingerprint density at radius 3 is 2.41 bits per heavy atom. The summed E-state index contributed by atoms with van der Waals surface area (Å²) in [6, 6.07) is 15.5. The van der Waals surface area contributed by atoms with Crippen LogP contribution in [0.25, 0.3) is 10.4 Å². The molecule has 2 amide bonds. The van der Waals surface area contributed by atoms with Crippen molar-refractivity contribution < 1.29 is 14.3 Å². The molecular weight excluding hydrogens is 446 g/mol. The molecule has 0 radical (unpaired) electrons. The van der Waals surface area contributed by atoms with E-state index >= 15 is 0 Å². The molecule has 0 saturated heterocycles. The van der Waals surface area contributed by atoms with E-state index in [9.17, 15) is 9.59 Å². The van der Waals surface area contributed by atoms with Crippen LogP contribution in [0.3, 0.4) is 0 Å². The first-order valence-electron chi connectivity index (χ1n) is 9.96. The van der Waals surface area contributed by atoms with Crippen LogP contribution in [0.15, 0.2) is 59.7 Å². The second-order valence-corrected chi connectivity index (χ2v) is 11.0. The van der Waals surface area contributed by atoms with Crippen molar-refractivity contribution in [1.29, 1.82) is 0 Å². The molecule has 0 spiro atoms. The maximum absolute atomic E-state index is 12.7. The number of hydrogen-bond donors (Lipinski definition) is 2. The van der Waals surface area contributed by atoms with Crippen molar-refractivity contribution in [3.63, 3.8) is 0 Å². The van der Waals surface area contributed by atoms with Crippen LogP contribution < -0.4 is 10.6 Å². The van der Waals surface area contributed by atoms with Gasteiger partial charge in [-0.2, -0.15) is 0 Å². The van der Waals surface area contributed by atoms with Crippen molar-refractivity contribution in [1.82, 2.24) is 10.6 Å². The number of alkyl carbamates (subject to hydrolysis) is 1. The first kappa shape index (κ1) is 25.5. The third-order valence-electron chi connectivity index (χ3n) is 3.93. The van der Waals surface area contributed by atoms with Crippen LogP contribution in [-0.2, 0) is 22.7 Å². The van der Waals surface area contributed by atoms with Crippen LogP contribution in [0.5, 0.6) is 0 Å². The molecule has 2 aromatic rings. The van der Waals surface area contributed by atoms with Crippen molar-refractivity contribution in [2.75, 3.05) is 5.75 Å². The molecule has 2 rings (SSSR count). The van der Waals surface area contributed by atoms with Crippen LogP contribution in [-0.4, -0.2) is 28.5 Å². The maximum atomic E-state index is 12.7. The zero-order valence-electron chi connectivity index (χ0n) is 18.3. The van der Waals surface area contributed by atoms with E-state index in [1.165, 1.54) is 10.8 Å². The number of carbonyl (C=O) groups is 2. The largest absolute Gasteiger partial charge is 0.445 e. The highest BCUT2D eigenvalue weighted by molar-refractivity contribution is 8.77. The topological polar surface area (TPSA) is 116 Å². The Balaban J connectivity index is 1.91. The second kappa shape index (κ2) is 12.9. The van der Waals surface area contributed by atoms with E-state index in [0.29, 0.717) is 18.0 Å². The minimum Gasteiger partial charge on any atom is -0.445 e. The van der Waals surface area contributed by atoms with Gasteiger partial charge in [0, 0.05) is 27.6 Å². The molecule has 1 atom stereocenters. The predicted molar refractivity (Wildman–Crippen MR) is 130 cm³/mol. The molecule has 8 nitrogen and oxygen atoms in total. The van der Waals surface area contributed by atoms with E-state index in [1.54, 1.807) is 35.1 Å². The van der Waals surface area contributed by atoms with E-state index in [1.807, 2.05) is 30.3 Å². The Kier molecular flexibility index (Phi) is 10.3. The Morgan fingerprint density at radius 1 is 1.09 bits per heavy atom. The monoisotopic (exact) mass is 473 g/mol. The highest BCUT2D eigenvalue weighted by atomic mass is 33.1. The van der Waals surface area contributed by atoms with Crippen molar-refractivity contribution in [3.8, 4) is 0 Å². The van der Waals surface area contributed by atoms with Crippen LogP contribution >= 0.6 is 21.6 Å². The number of amides is 2. The number of ether oxygens (including phenoxy) is 1. The Labute approximate surface area is 195 Å². The van der Waals surface area contributed by atoms with E-state index in [0.717, 1.165) is 11.1 Å². The van der Waals surface area contributed by atoms with Crippen molar-refractivity contribution >= 4 is 39.3 Å². The fraction of sp³-hybridized carbons (Fsp3) is 0.364. The molecule has 2 N–H and O–H groups in total. The summed E-state index contributed by atoms with van der Waals surface area (Å²) in [7, 11) is 3.17. The van der Waals surface area contributed by atoms with E-state index in [-0.39, 0.29) is 17.3 Å². The van der Waals surface area contributed by atoms with Gasteiger partial charge in [-0.25, -0.2) is 4.79 Å². The van der Waals surface area contributed by atoms with Gasteiger partial charge in [0.15, 0.2) is 0 Å². The summed E-state index contributed by atoms with van der Waals surface area (Å²) in [6.45, 7) is 6.67. The van der Waals surface area contributed by atoms with E-state index in [2.05, 4.69) is 41.4 Å². The van der Waals surface area contributed by atoms with Crippen molar-refractivity contribution in [3.05, 3.63) is 76.2 Å². The van der Waals surface area contributed by atoms with Crippen molar-refractivity contribution in [2.24, 2.45) is 5.11 Å². The number of azide groups is 1. The molecule has 0 aromatic heterocycles. The minimum absolute atomic E-state index is 0.0258. The van der Waals surface area contributed by atoms with Gasteiger partial charge in [0.05, 0.1) is 0 Å². The average molecular weight is 474 g/mol. The summed E-state index contributed by atoms with van der Waals surface area (Å²) in [6.07, 6.45) is -0.676. The van der Waals surface area contributed by atoms with E-state index in [4.69, 9.17) is 10.3 Å². The summed E-state index contributed by atoms with van der Waals surface area (Å²) in [4.78, 5) is 27.8. The van der Waals surface area contributed by atoms with Crippen LogP contribution in [0.1, 0.15) is 31.9 Å². The summed E-state index contributed by atoms with van der Waals surface area (Å²) >= 11 is 0. The number of carbonyl (C=O) groups excluding carboxylic acids is 2. The number of nitrogens with one attached hydrogen (secondary N) is 2. The molecule has 0 unspecified atom stereocenters. The SMILES string of the molecule is CC(C)(C)SSC[C@H](NC(=O)OCc1ccc(N=[N+]=[N-])cc1)C(=O)NCc1ccccc1. The minimum atomic E-state index is -0.738. The number of hydrogen-bond acceptors (Lipinski definition) is 6. The van der Waals surface area contributed by atoms with Gasteiger partial charge in [0.1, 0.15) is 12.6 Å². The fourth-order valence-corrected chi connectivity index (χ4v) is 4.88. The van der Waals surface area contributed by atoms with Crippen LogP contribution in [0, 0.1) is 0 Å². The molecule has 0 aliphatic carbocycles. The molecule has 0 heterocycles. The molecular formula is C22H27N5O3S2. The molecule has 170 valence electrons. The Bertz CT molecular complexity index is 927. The predicted octanol–water partition coefficient (Wildman–Crippen LogP) is 5.72. The summed E-state index contributed by atoms with van der Waals surface area (Å²) < 4.78 is 5.29. The third kappa shape index (κ3) is 10.00. The highest BCUT2D eigenvalue weighted by Crippen LogP contribution is 2.35. The van der Waals surface area contributed by atoms with Gasteiger partial charge in [0.2, 0.25) is 5.91 Å². The zero-order chi connectivity index (χ0) is 23.4. The van der Waals surface area contributed by atoms with Gasteiger partial charge < -0.3 is 15.4 Å². The normalized spacial score (nSPS) is 11.7. The van der Waals surface area contributed by atoms with Gasteiger partial charge >= 0.3 is 6.09 Å². The highest BCUT2D eigenvalue weighted by Gasteiger charge is 2.23. The molecule has 0 aliphatic heterocycles. The Morgan fingerprint density at radius 2 is 1.78 bits per heavy atom. The lowest BCUT2D eigenvalue weighted by Crippen LogP contribution is -2.48. The summed E-state index contributed by atoms with van der Waals surface area (Å²) in [5, 5.41) is 9.04. The number of benzene rings is 2. The molecule has 32 heavy (non-hydrogen) atoms. The first-order chi connectivity index (χ1) is 15.3. The molecule has 10 heteroatoms. The fourth-order valence-electron chi connectivity index (χ4n) is 2.41. The Hall–Kier alpha value is -2.81. The molecule has 0 fully saturated rings. The van der Waals surface area contributed by atoms with Gasteiger partial charge in [-0.15, -0.1) is 0 Å². The average Bonchev–Trinajstić information content (AvgIpc) is 2.76. The standard InChI is InChI=1S/C22H27N5O3S2/c1-22(2,3)32-31-15-19(20(28)24-13-16-7-5-4-6-8-16)25-21(29)30-14-17-9-11-18(12-10-17)26-27-23/h4-12,19H,13-15H2,1-3H3,(H,24,28)(H,25,29)/t19-/m0/s1. The van der Waals surface area contributed by atoms with Gasteiger partial charge in [-0.3, -0.25) is 4.79 Å². The van der Waals surface area contributed by atoms with Crippen LogP contribution in [0.4, 0.5) is 10.5 Å². The van der Waals surface area contributed by atoms with Gasteiger partial charge in [0.25, 0.3) is 0 Å². The van der Waals surface area contributed by atoms with Crippen LogP contribution in [0.2, 0.25) is 0 Å². The first-order valence-corrected chi connectivity index (χ1v) is 12.3. The molecule has 0 saturated carbocycles. The van der Waals surface area contributed by atoms with Crippen molar-refractivity contribution in [2.45, 2.75) is 44.7 Å². The molecule has 2 aromatic carbocycles. The van der Waals surface area contributed by atoms with Gasteiger partial charge in [-0.05, 0) is 16.7 Å². The quantitative estimate of drug-likeness (QED) is 0.198. The number of nitrogens with zero attached hydrogens (tertiary/aromatic N) is 3. The molecule has 0 bridgehead atoms.